The van der Waals surface area contributed by atoms with Crippen LogP contribution in [0.3, 0.4) is 0 Å². The molecule has 21 heavy (non-hydrogen) atoms. The third kappa shape index (κ3) is 3.13. The molecule has 0 aliphatic rings. The van der Waals surface area contributed by atoms with Crippen LogP contribution in [0.2, 0.25) is 0 Å². The molecule has 0 saturated heterocycles. The van der Waals surface area contributed by atoms with Crippen molar-refractivity contribution in [2.24, 2.45) is 0 Å². The molecule has 0 radical (unpaired) electrons. The fourth-order valence-electron chi connectivity index (χ4n) is 1.65. The van der Waals surface area contributed by atoms with Crippen molar-refractivity contribution in [2.45, 2.75) is 0 Å². The fraction of sp³-hybridized carbons (Fsp3) is 0. The summed E-state index contributed by atoms with van der Waals surface area (Å²) in [7, 11) is 0. The summed E-state index contributed by atoms with van der Waals surface area (Å²) in [5.41, 5.74) is 0.0108. The molecule has 0 aromatic heterocycles. The molecule has 0 fully saturated rings. The van der Waals surface area contributed by atoms with Gasteiger partial charge in [-0.2, -0.15) is 5.26 Å². The molecule has 0 heterocycles. The number of hydrogen-bond donors (Lipinski definition) is 0. The van der Waals surface area contributed by atoms with Crippen molar-refractivity contribution >= 4 is 6.08 Å². The Hall–Kier alpha value is -2.98. The zero-order chi connectivity index (χ0) is 15.4. The summed E-state index contributed by atoms with van der Waals surface area (Å²) in [5.74, 6) is 2.44. The van der Waals surface area contributed by atoms with E-state index in [1.807, 2.05) is 0 Å². The van der Waals surface area contributed by atoms with E-state index in [1.165, 1.54) is 18.2 Å². The van der Waals surface area contributed by atoms with Crippen LogP contribution in [0.25, 0.3) is 6.08 Å². The predicted molar refractivity (Wildman–Crippen MR) is 73.5 cm³/mol. The normalized spacial score (nSPS) is 9.43. The first kappa shape index (κ1) is 14.4. The lowest BCUT2D eigenvalue weighted by molar-refractivity contribution is 0.577. The van der Waals surface area contributed by atoms with Gasteiger partial charge in [0.05, 0.1) is 11.1 Å². The fourth-order valence-corrected chi connectivity index (χ4v) is 1.65. The lowest BCUT2D eigenvalue weighted by Gasteiger charge is -1.99. The minimum Gasteiger partial charge on any atom is -0.206 e. The van der Waals surface area contributed by atoms with Crippen LogP contribution in [0.4, 0.5) is 13.2 Å². The van der Waals surface area contributed by atoms with Crippen LogP contribution in [-0.4, -0.2) is 0 Å². The van der Waals surface area contributed by atoms with Crippen LogP contribution < -0.4 is 0 Å². The van der Waals surface area contributed by atoms with E-state index in [1.54, 1.807) is 6.07 Å². The zero-order valence-corrected chi connectivity index (χ0v) is 10.8. The quantitative estimate of drug-likeness (QED) is 0.725. The lowest BCUT2D eigenvalue weighted by Crippen LogP contribution is -1.92. The number of nitriles is 1. The molecule has 0 amide bonds. The molecule has 4 heteroatoms. The van der Waals surface area contributed by atoms with E-state index in [-0.39, 0.29) is 11.1 Å². The number of benzene rings is 2. The van der Waals surface area contributed by atoms with Crippen LogP contribution in [0.1, 0.15) is 22.3 Å². The molecular formula is C17H8F3N. The molecule has 0 aliphatic carbocycles. The van der Waals surface area contributed by atoms with E-state index >= 15 is 0 Å². The van der Waals surface area contributed by atoms with Crippen molar-refractivity contribution < 1.29 is 13.2 Å². The molecule has 0 spiro atoms. The van der Waals surface area contributed by atoms with Gasteiger partial charge in [0.25, 0.3) is 0 Å². The Bertz CT molecular complexity index is 797. The first-order valence-corrected chi connectivity index (χ1v) is 5.88. The minimum atomic E-state index is -0.813. The summed E-state index contributed by atoms with van der Waals surface area (Å²) < 4.78 is 40.8. The summed E-state index contributed by atoms with van der Waals surface area (Å²) in [6.45, 7) is 3.43. The molecule has 0 bridgehead atoms. The van der Waals surface area contributed by atoms with Gasteiger partial charge in [0.1, 0.15) is 23.5 Å². The molecule has 102 valence electrons. The van der Waals surface area contributed by atoms with E-state index in [0.717, 1.165) is 18.2 Å². The maximum atomic E-state index is 13.7. The molecule has 0 atom stereocenters. The molecule has 2 rings (SSSR count). The van der Waals surface area contributed by atoms with Gasteiger partial charge in [-0.1, -0.05) is 24.5 Å². The molecule has 2 aromatic carbocycles. The van der Waals surface area contributed by atoms with Crippen molar-refractivity contribution in [1.29, 1.82) is 5.26 Å². The molecule has 1 nitrogen and oxygen atoms in total. The Morgan fingerprint density at radius 3 is 2.14 bits per heavy atom. The number of nitrogens with zero attached hydrogens (tertiary/aromatic N) is 1. The van der Waals surface area contributed by atoms with Gasteiger partial charge in [-0.15, -0.1) is 0 Å². The molecule has 0 N–H and O–H groups in total. The topological polar surface area (TPSA) is 23.8 Å². The highest BCUT2D eigenvalue weighted by Gasteiger charge is 2.08. The van der Waals surface area contributed by atoms with Crippen LogP contribution >= 0.6 is 0 Å². The van der Waals surface area contributed by atoms with Crippen LogP contribution in [-0.2, 0) is 0 Å². The van der Waals surface area contributed by atoms with E-state index < -0.39 is 23.0 Å². The molecule has 0 saturated carbocycles. The van der Waals surface area contributed by atoms with Crippen LogP contribution in [0.5, 0.6) is 0 Å². The maximum absolute atomic E-state index is 13.7. The molecule has 2 aromatic rings. The Labute approximate surface area is 120 Å². The van der Waals surface area contributed by atoms with Crippen molar-refractivity contribution in [1.82, 2.24) is 0 Å². The van der Waals surface area contributed by atoms with Gasteiger partial charge in [-0.25, -0.2) is 13.2 Å². The largest absolute Gasteiger partial charge is 0.206 e. The van der Waals surface area contributed by atoms with Gasteiger partial charge in [0.2, 0.25) is 0 Å². The summed E-state index contributed by atoms with van der Waals surface area (Å²) in [6.07, 6.45) is 1.32. The van der Waals surface area contributed by atoms with Gasteiger partial charge in [-0.3, -0.25) is 0 Å². The molecular weight excluding hydrogens is 275 g/mol. The van der Waals surface area contributed by atoms with Gasteiger partial charge in [-0.05, 0) is 35.9 Å². The summed E-state index contributed by atoms with van der Waals surface area (Å²) in [5, 5.41) is 8.61. The average molecular weight is 283 g/mol. The highest BCUT2D eigenvalue weighted by molar-refractivity contribution is 5.52. The average Bonchev–Trinajstić information content (AvgIpc) is 2.46. The second-order valence-corrected chi connectivity index (χ2v) is 4.12. The number of halogens is 3. The van der Waals surface area contributed by atoms with Gasteiger partial charge < -0.3 is 0 Å². The second kappa shape index (κ2) is 5.98. The van der Waals surface area contributed by atoms with Crippen LogP contribution in [0, 0.1) is 40.6 Å². The van der Waals surface area contributed by atoms with E-state index in [4.69, 9.17) is 5.26 Å². The zero-order valence-electron chi connectivity index (χ0n) is 10.8. The monoisotopic (exact) mass is 283 g/mol. The summed E-state index contributed by atoms with van der Waals surface area (Å²) >= 11 is 0. The standard InChI is InChI=1S/C17H8F3N/c1-2-11-7-16(19)14(17(20)8-11)6-4-12-3-5-13(10-21)15(18)9-12/h2-3,5,7-9H,1H2. The Morgan fingerprint density at radius 2 is 1.62 bits per heavy atom. The van der Waals surface area contributed by atoms with Crippen LogP contribution in [0.15, 0.2) is 36.9 Å². The molecule has 0 aliphatic heterocycles. The van der Waals surface area contributed by atoms with E-state index in [9.17, 15) is 13.2 Å². The predicted octanol–water partition coefficient (Wildman–Crippen LogP) is 4.02. The Morgan fingerprint density at radius 1 is 0.952 bits per heavy atom. The van der Waals surface area contributed by atoms with Gasteiger partial charge in [0, 0.05) is 5.56 Å². The second-order valence-electron chi connectivity index (χ2n) is 4.12. The summed E-state index contributed by atoms with van der Waals surface area (Å²) in [6, 6.07) is 7.60. The SMILES string of the molecule is C=Cc1cc(F)c(C#Cc2ccc(C#N)c(F)c2)c(F)c1. The van der Waals surface area contributed by atoms with Crippen molar-refractivity contribution in [3.05, 3.63) is 76.6 Å². The first-order valence-electron chi connectivity index (χ1n) is 5.88. The highest BCUT2D eigenvalue weighted by atomic mass is 19.1. The number of hydrogen-bond acceptors (Lipinski definition) is 1. The van der Waals surface area contributed by atoms with Crippen molar-refractivity contribution in [3.63, 3.8) is 0 Å². The van der Waals surface area contributed by atoms with E-state index in [0.29, 0.717) is 5.56 Å². The molecule has 0 unspecified atom stereocenters. The first-order chi connectivity index (χ1) is 10.0. The summed E-state index contributed by atoms with van der Waals surface area (Å²) in [4.78, 5) is 0. The minimum absolute atomic E-state index is 0.117. The maximum Gasteiger partial charge on any atom is 0.142 e. The van der Waals surface area contributed by atoms with Crippen molar-refractivity contribution in [3.8, 4) is 17.9 Å². The smallest absolute Gasteiger partial charge is 0.142 e. The Balaban J connectivity index is 2.42. The lowest BCUT2D eigenvalue weighted by atomic mass is 10.1. The third-order valence-corrected chi connectivity index (χ3v) is 2.72. The van der Waals surface area contributed by atoms with E-state index in [2.05, 4.69) is 18.4 Å². The van der Waals surface area contributed by atoms with Gasteiger partial charge >= 0.3 is 0 Å². The third-order valence-electron chi connectivity index (χ3n) is 2.72. The van der Waals surface area contributed by atoms with Gasteiger partial charge in [0.15, 0.2) is 0 Å². The Kier molecular flexibility index (Phi) is 4.11. The van der Waals surface area contributed by atoms with Crippen molar-refractivity contribution in [2.75, 3.05) is 0 Å². The highest BCUT2D eigenvalue weighted by Crippen LogP contribution is 2.16. The number of rotatable bonds is 1.